The molecule has 11 heavy (non-hydrogen) atoms. The molecule has 0 aromatic heterocycles. The summed E-state index contributed by atoms with van der Waals surface area (Å²) < 4.78 is 57.2. The SMILES string of the molecule is O=C(CC(F)(F)F)C(F)(F)Br. The first-order chi connectivity index (χ1) is 4.63. The molecule has 0 amide bonds. The quantitative estimate of drug-likeness (QED) is 0.536. The van der Waals surface area contributed by atoms with Gasteiger partial charge in [0.1, 0.15) is 6.42 Å². The van der Waals surface area contributed by atoms with Crippen LogP contribution in [0.1, 0.15) is 6.42 Å². The lowest BCUT2D eigenvalue weighted by Crippen LogP contribution is -2.26. The third kappa shape index (κ3) is 5.11. The molecule has 7 heteroatoms. The van der Waals surface area contributed by atoms with Crippen LogP contribution < -0.4 is 0 Å². The molecule has 0 aliphatic heterocycles. The smallest absolute Gasteiger partial charge is 0.292 e. The molecule has 0 aromatic rings. The van der Waals surface area contributed by atoms with E-state index in [1.165, 1.54) is 15.9 Å². The molecule has 0 heterocycles. The highest BCUT2D eigenvalue weighted by molar-refractivity contribution is 9.10. The number of carbonyl (C=O) groups is 1. The highest BCUT2D eigenvalue weighted by Gasteiger charge is 2.42. The average Bonchev–Trinajstić information content (AvgIpc) is 1.56. The maximum atomic E-state index is 11.7. The van der Waals surface area contributed by atoms with Crippen LogP contribution in [-0.2, 0) is 4.79 Å². The first-order valence-electron chi connectivity index (χ1n) is 2.30. The Morgan fingerprint density at radius 1 is 1.18 bits per heavy atom. The second-order valence-electron chi connectivity index (χ2n) is 1.71. The Labute approximate surface area is 66.7 Å². The molecule has 0 unspecified atom stereocenters. The zero-order chi connectivity index (χ0) is 9.28. The molecule has 0 saturated heterocycles. The molecule has 0 aromatic carbocycles. The van der Waals surface area contributed by atoms with Gasteiger partial charge in [0.15, 0.2) is 0 Å². The summed E-state index contributed by atoms with van der Waals surface area (Å²) in [4.78, 5) is 5.88. The van der Waals surface area contributed by atoms with Crippen LogP contribution in [-0.4, -0.2) is 16.8 Å². The van der Waals surface area contributed by atoms with Crippen molar-refractivity contribution in [3.8, 4) is 0 Å². The van der Waals surface area contributed by atoms with Gasteiger partial charge in [-0.2, -0.15) is 22.0 Å². The third-order valence-corrected chi connectivity index (χ3v) is 1.12. The van der Waals surface area contributed by atoms with Gasteiger partial charge in [-0.15, -0.1) is 0 Å². The third-order valence-electron chi connectivity index (χ3n) is 0.677. The van der Waals surface area contributed by atoms with E-state index < -0.39 is 23.2 Å². The molecule has 0 saturated carbocycles. The normalized spacial score (nSPS) is 13.3. The average molecular weight is 241 g/mol. The molecule has 66 valence electrons. The molecule has 0 fully saturated rings. The summed E-state index contributed by atoms with van der Waals surface area (Å²) in [6.07, 6.45) is -7.00. The Balaban J connectivity index is 4.11. The van der Waals surface area contributed by atoms with Crippen molar-refractivity contribution in [2.24, 2.45) is 0 Å². The summed E-state index contributed by atoms with van der Waals surface area (Å²) in [6.45, 7) is 0. The van der Waals surface area contributed by atoms with Gasteiger partial charge < -0.3 is 0 Å². The van der Waals surface area contributed by atoms with Crippen LogP contribution in [0.3, 0.4) is 0 Å². The number of carbonyl (C=O) groups excluding carboxylic acids is 1. The fraction of sp³-hybridized carbons (Fsp3) is 0.750. The van der Waals surface area contributed by atoms with Crippen molar-refractivity contribution < 1.29 is 26.7 Å². The van der Waals surface area contributed by atoms with Gasteiger partial charge in [-0.25, -0.2) is 0 Å². The van der Waals surface area contributed by atoms with E-state index >= 15 is 0 Å². The molecule has 0 radical (unpaired) electrons. The number of ketones is 1. The van der Waals surface area contributed by atoms with Crippen LogP contribution in [0.25, 0.3) is 0 Å². The summed E-state index contributed by atoms with van der Waals surface area (Å²) >= 11 is 1.51. The molecule has 0 aliphatic carbocycles. The second-order valence-corrected chi connectivity index (χ2v) is 2.71. The van der Waals surface area contributed by atoms with Crippen LogP contribution in [0.5, 0.6) is 0 Å². The molecular formula is C4H2BrF5O. The monoisotopic (exact) mass is 240 g/mol. The number of Topliss-reactive ketones (excluding diaryl/α,β-unsaturated/α-hetero) is 1. The van der Waals surface area contributed by atoms with Crippen molar-refractivity contribution in [2.75, 3.05) is 0 Å². The predicted octanol–water partition coefficient (Wildman–Crippen LogP) is 2.50. The minimum absolute atomic E-state index is 1.51. The molecular weight excluding hydrogens is 239 g/mol. The molecule has 0 bridgehead atoms. The lowest BCUT2D eigenvalue weighted by molar-refractivity contribution is -0.161. The number of rotatable bonds is 2. The first-order valence-corrected chi connectivity index (χ1v) is 3.09. The van der Waals surface area contributed by atoms with Crippen molar-refractivity contribution >= 4 is 21.7 Å². The zero-order valence-electron chi connectivity index (χ0n) is 4.88. The van der Waals surface area contributed by atoms with Crippen molar-refractivity contribution in [1.29, 1.82) is 0 Å². The van der Waals surface area contributed by atoms with Gasteiger partial charge in [-0.05, 0) is 15.9 Å². The van der Waals surface area contributed by atoms with E-state index in [2.05, 4.69) is 0 Å². The lowest BCUT2D eigenvalue weighted by Gasteiger charge is -2.08. The van der Waals surface area contributed by atoms with E-state index in [-0.39, 0.29) is 0 Å². The fourth-order valence-electron chi connectivity index (χ4n) is 0.282. The lowest BCUT2D eigenvalue weighted by atomic mass is 10.3. The van der Waals surface area contributed by atoms with Gasteiger partial charge in [0, 0.05) is 0 Å². The van der Waals surface area contributed by atoms with E-state index in [0.29, 0.717) is 0 Å². The van der Waals surface area contributed by atoms with Gasteiger partial charge in [0.05, 0.1) is 0 Å². The largest absolute Gasteiger partial charge is 0.396 e. The zero-order valence-corrected chi connectivity index (χ0v) is 6.47. The van der Waals surface area contributed by atoms with Crippen LogP contribution in [0.15, 0.2) is 0 Å². The van der Waals surface area contributed by atoms with Crippen LogP contribution in [0.2, 0.25) is 0 Å². The van der Waals surface area contributed by atoms with Gasteiger partial charge in [0.2, 0.25) is 5.78 Å². The Morgan fingerprint density at radius 3 is 1.64 bits per heavy atom. The molecule has 0 atom stereocenters. The van der Waals surface area contributed by atoms with E-state index in [1.807, 2.05) is 0 Å². The number of alkyl halides is 6. The van der Waals surface area contributed by atoms with Gasteiger partial charge >= 0.3 is 11.0 Å². The number of hydrogen-bond donors (Lipinski definition) is 0. The van der Waals surface area contributed by atoms with E-state index in [0.717, 1.165) is 0 Å². The van der Waals surface area contributed by atoms with E-state index in [4.69, 9.17) is 0 Å². The molecule has 1 nitrogen and oxygen atoms in total. The maximum Gasteiger partial charge on any atom is 0.396 e. The minimum Gasteiger partial charge on any atom is -0.292 e. The Bertz CT molecular complexity index is 157. The summed E-state index contributed by atoms with van der Waals surface area (Å²) in [5, 5.41) is 0. The second kappa shape index (κ2) is 3.04. The van der Waals surface area contributed by atoms with Gasteiger partial charge in [-0.3, -0.25) is 4.79 Å². The fourth-order valence-corrected chi connectivity index (χ4v) is 0.422. The topological polar surface area (TPSA) is 17.1 Å². The molecule has 0 spiro atoms. The summed E-state index contributed by atoms with van der Waals surface area (Å²) in [5.41, 5.74) is 0. The highest BCUT2D eigenvalue weighted by Crippen LogP contribution is 2.29. The van der Waals surface area contributed by atoms with Crippen molar-refractivity contribution in [1.82, 2.24) is 0 Å². The predicted molar refractivity (Wildman–Crippen MR) is 29.6 cm³/mol. The Kier molecular flexibility index (Phi) is 2.98. The summed E-state index contributed by atoms with van der Waals surface area (Å²) in [5.74, 6) is -2.19. The number of hydrogen-bond acceptors (Lipinski definition) is 1. The number of halogens is 6. The van der Waals surface area contributed by atoms with Crippen LogP contribution in [0, 0.1) is 0 Å². The first kappa shape index (κ1) is 10.8. The van der Waals surface area contributed by atoms with Crippen molar-refractivity contribution in [3.05, 3.63) is 0 Å². The van der Waals surface area contributed by atoms with E-state index in [9.17, 15) is 26.7 Å². The maximum absolute atomic E-state index is 11.7. The molecule has 0 aliphatic rings. The summed E-state index contributed by atoms with van der Waals surface area (Å²) in [6, 6.07) is 0. The standard InChI is InChI=1S/C4H2BrF5O/c5-4(9,10)2(11)1-3(6,7)8/h1H2. The minimum atomic E-state index is -4.88. The van der Waals surface area contributed by atoms with Crippen molar-refractivity contribution in [3.63, 3.8) is 0 Å². The van der Waals surface area contributed by atoms with E-state index in [1.54, 1.807) is 0 Å². The molecule has 0 N–H and O–H groups in total. The van der Waals surface area contributed by atoms with Crippen LogP contribution >= 0.6 is 15.9 Å². The Hall–Kier alpha value is -0.200. The Morgan fingerprint density at radius 2 is 1.55 bits per heavy atom. The highest BCUT2D eigenvalue weighted by atomic mass is 79.9. The van der Waals surface area contributed by atoms with Crippen molar-refractivity contribution in [2.45, 2.75) is 17.4 Å². The van der Waals surface area contributed by atoms with Crippen LogP contribution in [0.4, 0.5) is 22.0 Å². The van der Waals surface area contributed by atoms with Gasteiger partial charge in [0.25, 0.3) is 0 Å². The molecule has 0 rings (SSSR count). The summed E-state index contributed by atoms with van der Waals surface area (Å²) in [7, 11) is 0. The van der Waals surface area contributed by atoms with Gasteiger partial charge in [-0.1, -0.05) is 0 Å².